The van der Waals surface area contributed by atoms with E-state index >= 15 is 0 Å². The van der Waals surface area contributed by atoms with Crippen molar-refractivity contribution in [3.05, 3.63) is 70.4 Å². The van der Waals surface area contributed by atoms with Crippen molar-refractivity contribution in [2.45, 2.75) is 27.2 Å². The first-order valence-electron chi connectivity index (χ1n) is 9.57. The van der Waals surface area contributed by atoms with Gasteiger partial charge in [0.25, 0.3) is 0 Å². The number of aromatic nitrogens is 1. The van der Waals surface area contributed by atoms with Crippen molar-refractivity contribution in [1.82, 2.24) is 4.98 Å². The number of rotatable bonds is 7. The lowest BCUT2D eigenvalue weighted by molar-refractivity contribution is -0.139. The number of benzene rings is 2. The Morgan fingerprint density at radius 3 is 2.53 bits per heavy atom. The van der Waals surface area contributed by atoms with Crippen LogP contribution in [0.2, 0.25) is 0 Å². The number of carboxylic acids is 1. The van der Waals surface area contributed by atoms with Crippen LogP contribution < -0.4 is 9.47 Å². The molecule has 0 radical (unpaired) electrons. The lowest BCUT2D eigenvalue weighted by Gasteiger charge is -2.17. The molecular weight excluding hydrogens is 382 g/mol. The highest BCUT2D eigenvalue weighted by molar-refractivity contribution is 5.69. The number of ether oxygens (including phenoxy) is 2. The summed E-state index contributed by atoms with van der Waals surface area (Å²) in [6, 6.07) is 12.7. The van der Waals surface area contributed by atoms with Gasteiger partial charge in [-0.25, -0.2) is 9.78 Å². The highest BCUT2D eigenvalue weighted by atomic mass is 16.5. The van der Waals surface area contributed by atoms with Crippen molar-refractivity contribution < 1.29 is 24.5 Å². The van der Waals surface area contributed by atoms with E-state index in [1.165, 1.54) is 0 Å². The van der Waals surface area contributed by atoms with Crippen molar-refractivity contribution in [3.8, 4) is 28.5 Å². The number of hydrogen-bond acceptors (Lipinski definition) is 5. The molecular formula is C24H25NO5. The van der Waals surface area contributed by atoms with Gasteiger partial charge in [0.05, 0.1) is 7.11 Å². The lowest BCUT2D eigenvalue weighted by Crippen LogP contribution is -2.11. The van der Waals surface area contributed by atoms with Crippen LogP contribution in [0.1, 0.15) is 27.9 Å². The molecule has 0 aliphatic heterocycles. The minimum atomic E-state index is -1.01. The van der Waals surface area contributed by atoms with Crippen LogP contribution in [0.15, 0.2) is 42.5 Å². The Bertz CT molecular complexity index is 1090. The molecule has 1 heterocycles. The van der Waals surface area contributed by atoms with Gasteiger partial charge in [0, 0.05) is 17.7 Å². The Hall–Kier alpha value is -3.54. The normalized spacial score (nSPS) is 10.7. The fraction of sp³-hybridized carbons (Fsp3) is 0.250. The number of methoxy groups -OCH3 is 1. The minimum Gasteiger partial charge on any atom is -0.506 e. The molecule has 6 heteroatoms. The van der Waals surface area contributed by atoms with Crippen LogP contribution in [-0.4, -0.2) is 34.9 Å². The second kappa shape index (κ2) is 8.86. The molecule has 0 atom stereocenters. The molecule has 156 valence electrons. The zero-order chi connectivity index (χ0) is 21.8. The molecule has 0 fully saturated rings. The highest BCUT2D eigenvalue weighted by Crippen LogP contribution is 2.32. The molecule has 0 aliphatic carbocycles. The van der Waals surface area contributed by atoms with E-state index in [1.54, 1.807) is 13.2 Å². The number of aromatic hydroxyl groups is 1. The van der Waals surface area contributed by atoms with Crippen LogP contribution in [0, 0.1) is 20.8 Å². The molecule has 0 saturated carbocycles. The smallest absolute Gasteiger partial charge is 0.341 e. The van der Waals surface area contributed by atoms with Crippen molar-refractivity contribution in [2.24, 2.45) is 0 Å². The van der Waals surface area contributed by atoms with E-state index in [0.717, 1.165) is 33.5 Å². The van der Waals surface area contributed by atoms with E-state index in [0.29, 0.717) is 23.6 Å². The number of aliphatic carboxylic acids is 1. The highest BCUT2D eigenvalue weighted by Gasteiger charge is 2.15. The summed E-state index contributed by atoms with van der Waals surface area (Å²) in [6.07, 6.45) is 0.578. The number of pyridine rings is 1. The van der Waals surface area contributed by atoms with Gasteiger partial charge in [-0.1, -0.05) is 12.1 Å². The monoisotopic (exact) mass is 407 g/mol. The summed E-state index contributed by atoms with van der Waals surface area (Å²) in [5.41, 5.74) is 6.13. The maximum atomic E-state index is 10.8. The van der Waals surface area contributed by atoms with Gasteiger partial charge in [-0.05, 0) is 73.4 Å². The van der Waals surface area contributed by atoms with E-state index in [4.69, 9.17) is 19.6 Å². The van der Waals surface area contributed by atoms with Gasteiger partial charge in [-0.2, -0.15) is 0 Å². The van der Waals surface area contributed by atoms with Crippen molar-refractivity contribution in [2.75, 3.05) is 13.7 Å². The third-order valence-corrected chi connectivity index (χ3v) is 5.19. The number of aryl methyl sites for hydroxylation is 1. The Morgan fingerprint density at radius 2 is 1.83 bits per heavy atom. The molecule has 0 unspecified atom stereocenters. The molecule has 2 aromatic carbocycles. The number of hydrogen-bond donors (Lipinski definition) is 2. The Labute approximate surface area is 175 Å². The largest absolute Gasteiger partial charge is 0.506 e. The number of carboxylic acid groups (broad SMARTS) is 1. The molecule has 30 heavy (non-hydrogen) atoms. The van der Waals surface area contributed by atoms with Crippen LogP contribution in [-0.2, 0) is 11.2 Å². The van der Waals surface area contributed by atoms with E-state index in [-0.39, 0.29) is 12.4 Å². The van der Waals surface area contributed by atoms with Crippen molar-refractivity contribution >= 4 is 5.97 Å². The Balaban J connectivity index is 1.95. The lowest BCUT2D eigenvalue weighted by atomic mass is 9.93. The Morgan fingerprint density at radius 1 is 1.07 bits per heavy atom. The first-order valence-corrected chi connectivity index (χ1v) is 9.57. The van der Waals surface area contributed by atoms with E-state index in [2.05, 4.69) is 0 Å². The van der Waals surface area contributed by atoms with Gasteiger partial charge >= 0.3 is 5.97 Å². The predicted octanol–water partition coefficient (Wildman–Crippen LogP) is 4.44. The van der Waals surface area contributed by atoms with Gasteiger partial charge in [0.15, 0.2) is 6.61 Å². The topological polar surface area (TPSA) is 88.9 Å². The first kappa shape index (κ1) is 21.2. The van der Waals surface area contributed by atoms with E-state index in [9.17, 15) is 9.90 Å². The third kappa shape index (κ3) is 4.54. The van der Waals surface area contributed by atoms with E-state index in [1.807, 2.05) is 57.2 Å². The maximum Gasteiger partial charge on any atom is 0.341 e. The fourth-order valence-electron chi connectivity index (χ4n) is 3.41. The van der Waals surface area contributed by atoms with Crippen LogP contribution in [0.25, 0.3) is 11.3 Å². The van der Waals surface area contributed by atoms with Gasteiger partial charge in [0.1, 0.15) is 22.9 Å². The van der Waals surface area contributed by atoms with Crippen LogP contribution in [0.5, 0.6) is 17.2 Å². The third-order valence-electron chi connectivity index (χ3n) is 5.19. The minimum absolute atomic E-state index is 0.106. The average molecular weight is 407 g/mol. The van der Waals surface area contributed by atoms with Crippen LogP contribution >= 0.6 is 0 Å². The van der Waals surface area contributed by atoms with Crippen molar-refractivity contribution in [1.29, 1.82) is 0 Å². The molecule has 3 aromatic rings. The number of carbonyl (C=O) groups is 1. The van der Waals surface area contributed by atoms with Gasteiger partial charge < -0.3 is 19.7 Å². The standard InChI is InChI=1S/C24H25NO5/c1-14-10-22(30-13-23(27)28)16(3)15(2)20(14)12-18-8-9-21(26)24(25-18)17-6-5-7-19(11-17)29-4/h5-11,26H,12-13H2,1-4H3,(H,27,28). The van der Waals surface area contributed by atoms with Gasteiger partial charge in [-0.15, -0.1) is 0 Å². The molecule has 6 nitrogen and oxygen atoms in total. The molecule has 3 rings (SSSR count). The zero-order valence-corrected chi connectivity index (χ0v) is 17.5. The quantitative estimate of drug-likeness (QED) is 0.602. The summed E-state index contributed by atoms with van der Waals surface area (Å²) in [5, 5.41) is 19.2. The number of nitrogens with zero attached hydrogens (tertiary/aromatic N) is 1. The average Bonchev–Trinajstić information content (AvgIpc) is 2.73. The molecule has 0 saturated heterocycles. The SMILES string of the molecule is COc1cccc(-c2nc(Cc3c(C)cc(OCC(=O)O)c(C)c3C)ccc2O)c1. The summed E-state index contributed by atoms with van der Waals surface area (Å²) < 4.78 is 10.7. The van der Waals surface area contributed by atoms with E-state index < -0.39 is 5.97 Å². The summed E-state index contributed by atoms with van der Waals surface area (Å²) in [6.45, 7) is 5.51. The summed E-state index contributed by atoms with van der Waals surface area (Å²) in [4.78, 5) is 15.5. The van der Waals surface area contributed by atoms with Gasteiger partial charge in [-0.3, -0.25) is 0 Å². The predicted molar refractivity (Wildman–Crippen MR) is 114 cm³/mol. The van der Waals surface area contributed by atoms with Gasteiger partial charge in [0.2, 0.25) is 0 Å². The molecule has 0 aliphatic rings. The molecule has 0 spiro atoms. The summed E-state index contributed by atoms with van der Waals surface area (Å²) in [7, 11) is 1.60. The van der Waals surface area contributed by atoms with Crippen LogP contribution in [0.3, 0.4) is 0 Å². The second-order valence-corrected chi connectivity index (χ2v) is 7.18. The first-order chi connectivity index (χ1) is 14.3. The maximum absolute atomic E-state index is 10.8. The zero-order valence-electron chi connectivity index (χ0n) is 17.5. The fourth-order valence-corrected chi connectivity index (χ4v) is 3.41. The summed E-state index contributed by atoms with van der Waals surface area (Å²) >= 11 is 0. The van der Waals surface area contributed by atoms with Crippen LogP contribution in [0.4, 0.5) is 0 Å². The molecule has 1 aromatic heterocycles. The summed E-state index contributed by atoms with van der Waals surface area (Å²) in [5.74, 6) is 0.367. The molecule has 0 amide bonds. The van der Waals surface area contributed by atoms with Crippen molar-refractivity contribution in [3.63, 3.8) is 0 Å². The Kier molecular flexibility index (Phi) is 6.26. The molecule has 2 N–H and O–H groups in total. The molecule has 0 bridgehead atoms. The second-order valence-electron chi connectivity index (χ2n) is 7.18.